The largest absolute Gasteiger partial charge is 0.484 e. The normalized spacial score (nSPS) is 25.2. The quantitative estimate of drug-likeness (QED) is 0.542. The standard InChI is InChI=1S/C7H12N2O/c1-5-3-4-6(8)9-7(5)10-2/h4-5H,3,8H2,1-2H3/t5-/m0/s1. The van der Waals surface area contributed by atoms with Gasteiger partial charge in [0.2, 0.25) is 0 Å². The van der Waals surface area contributed by atoms with Gasteiger partial charge in [-0.2, -0.15) is 0 Å². The van der Waals surface area contributed by atoms with Crippen LogP contribution in [-0.2, 0) is 4.74 Å². The van der Waals surface area contributed by atoms with Crippen LogP contribution in [-0.4, -0.2) is 13.0 Å². The summed E-state index contributed by atoms with van der Waals surface area (Å²) < 4.78 is 5.00. The Kier molecular flexibility index (Phi) is 1.94. The molecule has 1 atom stereocenters. The molecule has 0 amide bonds. The van der Waals surface area contributed by atoms with Crippen molar-refractivity contribution in [2.45, 2.75) is 13.3 Å². The van der Waals surface area contributed by atoms with Gasteiger partial charge in [0.15, 0.2) is 5.90 Å². The summed E-state index contributed by atoms with van der Waals surface area (Å²) in [6.07, 6.45) is 2.84. The zero-order valence-corrected chi connectivity index (χ0v) is 6.29. The molecule has 1 rings (SSSR count). The predicted molar refractivity (Wildman–Crippen MR) is 40.5 cm³/mol. The van der Waals surface area contributed by atoms with E-state index in [4.69, 9.17) is 10.5 Å². The van der Waals surface area contributed by atoms with Crippen LogP contribution in [0.4, 0.5) is 0 Å². The third kappa shape index (κ3) is 1.29. The highest BCUT2D eigenvalue weighted by molar-refractivity contribution is 5.80. The first-order chi connectivity index (χ1) is 4.74. The number of hydrogen-bond acceptors (Lipinski definition) is 3. The summed E-state index contributed by atoms with van der Waals surface area (Å²) in [6.45, 7) is 2.06. The van der Waals surface area contributed by atoms with Crippen molar-refractivity contribution in [3.63, 3.8) is 0 Å². The molecule has 1 aliphatic heterocycles. The molecule has 10 heavy (non-hydrogen) atoms. The van der Waals surface area contributed by atoms with Gasteiger partial charge in [0, 0.05) is 5.92 Å². The van der Waals surface area contributed by atoms with Gasteiger partial charge < -0.3 is 10.5 Å². The number of hydrogen-bond donors (Lipinski definition) is 1. The SMILES string of the molecule is COC1=NC(N)=CC[C@@H]1C. The Morgan fingerprint density at radius 2 is 2.50 bits per heavy atom. The molecule has 0 unspecified atom stereocenters. The van der Waals surface area contributed by atoms with E-state index < -0.39 is 0 Å². The molecule has 0 spiro atoms. The van der Waals surface area contributed by atoms with E-state index in [0.29, 0.717) is 11.7 Å². The van der Waals surface area contributed by atoms with Crippen molar-refractivity contribution in [1.29, 1.82) is 0 Å². The number of nitrogens with two attached hydrogens (primary N) is 1. The van der Waals surface area contributed by atoms with Gasteiger partial charge in [-0.25, -0.2) is 4.99 Å². The lowest BCUT2D eigenvalue weighted by Gasteiger charge is -2.15. The van der Waals surface area contributed by atoms with Crippen LogP contribution in [0.5, 0.6) is 0 Å². The smallest absolute Gasteiger partial charge is 0.192 e. The van der Waals surface area contributed by atoms with E-state index >= 15 is 0 Å². The fourth-order valence-corrected chi connectivity index (χ4v) is 0.928. The van der Waals surface area contributed by atoms with Crippen LogP contribution in [0.15, 0.2) is 16.9 Å². The Morgan fingerprint density at radius 3 is 3.00 bits per heavy atom. The van der Waals surface area contributed by atoms with Gasteiger partial charge >= 0.3 is 0 Å². The average molecular weight is 140 g/mol. The van der Waals surface area contributed by atoms with E-state index in [1.54, 1.807) is 7.11 Å². The molecule has 0 fully saturated rings. The number of methoxy groups -OCH3 is 1. The maximum atomic E-state index is 5.46. The van der Waals surface area contributed by atoms with Gasteiger partial charge in [-0.15, -0.1) is 0 Å². The summed E-state index contributed by atoms with van der Waals surface area (Å²) in [4.78, 5) is 4.02. The van der Waals surface area contributed by atoms with Crippen molar-refractivity contribution < 1.29 is 4.74 Å². The van der Waals surface area contributed by atoms with E-state index in [1.165, 1.54) is 0 Å². The van der Waals surface area contributed by atoms with Gasteiger partial charge in [-0.3, -0.25) is 0 Å². The highest BCUT2D eigenvalue weighted by Crippen LogP contribution is 2.13. The molecule has 1 heterocycles. The van der Waals surface area contributed by atoms with Crippen molar-refractivity contribution in [2.75, 3.05) is 7.11 Å². The summed E-state index contributed by atoms with van der Waals surface area (Å²) in [5.41, 5.74) is 5.46. The van der Waals surface area contributed by atoms with Crippen molar-refractivity contribution in [3.8, 4) is 0 Å². The van der Waals surface area contributed by atoms with Gasteiger partial charge in [0.25, 0.3) is 0 Å². The molecule has 0 aromatic rings. The lowest BCUT2D eigenvalue weighted by Crippen LogP contribution is -2.18. The van der Waals surface area contributed by atoms with Crippen LogP contribution in [0.1, 0.15) is 13.3 Å². The second-order valence-electron chi connectivity index (χ2n) is 2.42. The minimum atomic E-state index is 0.372. The fourth-order valence-electron chi connectivity index (χ4n) is 0.928. The van der Waals surface area contributed by atoms with Gasteiger partial charge in [0.1, 0.15) is 5.82 Å². The number of ether oxygens (including phenoxy) is 1. The molecule has 0 aromatic carbocycles. The zero-order chi connectivity index (χ0) is 7.56. The molecular formula is C7H12N2O. The second kappa shape index (κ2) is 2.73. The van der Waals surface area contributed by atoms with Gasteiger partial charge in [0.05, 0.1) is 7.11 Å². The Hall–Kier alpha value is -0.990. The van der Waals surface area contributed by atoms with Gasteiger partial charge in [-0.1, -0.05) is 6.92 Å². The van der Waals surface area contributed by atoms with Crippen LogP contribution in [0, 0.1) is 5.92 Å². The molecule has 0 aromatic heterocycles. The highest BCUT2D eigenvalue weighted by atomic mass is 16.5. The summed E-state index contributed by atoms with van der Waals surface area (Å²) in [5.74, 6) is 1.67. The number of nitrogens with zero attached hydrogens (tertiary/aromatic N) is 1. The minimum absolute atomic E-state index is 0.372. The summed E-state index contributed by atoms with van der Waals surface area (Å²) in [5, 5.41) is 0. The van der Waals surface area contributed by atoms with Gasteiger partial charge in [-0.05, 0) is 12.5 Å². The topological polar surface area (TPSA) is 47.6 Å². The minimum Gasteiger partial charge on any atom is -0.484 e. The van der Waals surface area contributed by atoms with Crippen LogP contribution in [0.25, 0.3) is 0 Å². The molecule has 0 saturated heterocycles. The highest BCUT2D eigenvalue weighted by Gasteiger charge is 2.13. The van der Waals surface area contributed by atoms with Crippen molar-refractivity contribution in [1.82, 2.24) is 0 Å². The molecule has 3 heteroatoms. The lowest BCUT2D eigenvalue weighted by molar-refractivity contribution is 0.367. The lowest BCUT2D eigenvalue weighted by atomic mass is 10.1. The molecule has 0 aliphatic carbocycles. The maximum Gasteiger partial charge on any atom is 0.192 e. The zero-order valence-electron chi connectivity index (χ0n) is 6.29. The number of aliphatic imine (C=N–C) groups is 1. The molecule has 0 radical (unpaired) electrons. The van der Waals surface area contributed by atoms with E-state index in [1.807, 2.05) is 6.08 Å². The third-order valence-corrected chi connectivity index (χ3v) is 1.55. The average Bonchev–Trinajstić information content (AvgIpc) is 1.94. The summed E-state index contributed by atoms with van der Waals surface area (Å²) in [6, 6.07) is 0. The third-order valence-electron chi connectivity index (χ3n) is 1.55. The number of allylic oxidation sites excluding steroid dienone is 1. The Balaban J connectivity index is 2.73. The molecule has 0 saturated carbocycles. The molecule has 1 aliphatic rings. The van der Waals surface area contributed by atoms with E-state index in [-0.39, 0.29) is 0 Å². The Labute approximate surface area is 60.6 Å². The predicted octanol–water partition coefficient (Wildman–Crippen LogP) is 0.871. The van der Waals surface area contributed by atoms with Crippen molar-refractivity contribution in [2.24, 2.45) is 16.6 Å². The van der Waals surface area contributed by atoms with Crippen LogP contribution < -0.4 is 5.73 Å². The van der Waals surface area contributed by atoms with Crippen molar-refractivity contribution >= 4 is 5.90 Å². The molecular weight excluding hydrogens is 128 g/mol. The first kappa shape index (κ1) is 7.12. The molecule has 56 valence electrons. The Morgan fingerprint density at radius 1 is 1.80 bits per heavy atom. The maximum absolute atomic E-state index is 5.46. The molecule has 0 bridgehead atoms. The summed E-state index contributed by atoms with van der Waals surface area (Å²) in [7, 11) is 1.62. The van der Waals surface area contributed by atoms with Crippen LogP contribution >= 0.6 is 0 Å². The number of rotatable bonds is 0. The van der Waals surface area contributed by atoms with E-state index in [2.05, 4.69) is 11.9 Å². The first-order valence-corrected chi connectivity index (χ1v) is 3.32. The van der Waals surface area contributed by atoms with Crippen LogP contribution in [0.2, 0.25) is 0 Å². The van der Waals surface area contributed by atoms with Crippen LogP contribution in [0.3, 0.4) is 0 Å². The monoisotopic (exact) mass is 140 g/mol. The van der Waals surface area contributed by atoms with E-state index in [9.17, 15) is 0 Å². The first-order valence-electron chi connectivity index (χ1n) is 3.32. The van der Waals surface area contributed by atoms with E-state index in [0.717, 1.165) is 12.3 Å². The Bertz CT molecular complexity index is 184. The second-order valence-corrected chi connectivity index (χ2v) is 2.42. The summed E-state index contributed by atoms with van der Waals surface area (Å²) >= 11 is 0. The molecule has 2 N–H and O–H groups in total. The molecule has 3 nitrogen and oxygen atoms in total. The van der Waals surface area contributed by atoms with Crippen molar-refractivity contribution in [3.05, 3.63) is 11.9 Å². The fraction of sp³-hybridized carbons (Fsp3) is 0.571.